The molecule has 0 heterocycles. The third-order valence-electron chi connectivity index (χ3n) is 3.36. The second-order valence-electron chi connectivity index (χ2n) is 5.35. The van der Waals surface area contributed by atoms with E-state index in [-0.39, 0.29) is 19.4 Å². The van der Waals surface area contributed by atoms with Crippen molar-refractivity contribution in [3.8, 4) is 0 Å². The Morgan fingerprint density at radius 2 is 1.82 bits per heavy atom. The van der Waals surface area contributed by atoms with E-state index in [1.165, 1.54) is 14.1 Å². The van der Waals surface area contributed by atoms with Gasteiger partial charge in [-0.25, -0.2) is 4.48 Å². The number of rotatable bonds is 7. The number of aliphatic carboxylic acids is 2. The third-order valence-corrected chi connectivity index (χ3v) is 3.36. The van der Waals surface area contributed by atoms with Crippen LogP contribution >= 0.6 is 0 Å². The maximum atomic E-state index is 12.1. The molecule has 7 heteroatoms. The Balaban J connectivity index is 2.73. The number of quaternary nitrogens is 1. The smallest absolute Gasteiger partial charge is 0.516 e. The highest BCUT2D eigenvalue weighted by atomic mass is 16.6. The van der Waals surface area contributed by atoms with E-state index in [1.54, 1.807) is 24.3 Å². The lowest BCUT2D eigenvalue weighted by molar-refractivity contribution is -0.838. The fourth-order valence-electron chi connectivity index (χ4n) is 1.98. The Morgan fingerprint density at radius 1 is 1.23 bits per heavy atom. The molecule has 0 spiro atoms. The highest BCUT2D eigenvalue weighted by Gasteiger charge is 2.39. The molecule has 1 rings (SSSR count). The fourth-order valence-corrected chi connectivity index (χ4v) is 1.98. The van der Waals surface area contributed by atoms with Crippen LogP contribution in [0.3, 0.4) is 0 Å². The molecule has 0 unspecified atom stereocenters. The number of amides is 1. The Morgan fingerprint density at radius 3 is 2.32 bits per heavy atom. The lowest BCUT2D eigenvalue weighted by Gasteiger charge is -2.34. The van der Waals surface area contributed by atoms with Crippen LogP contribution in [-0.4, -0.2) is 47.8 Å². The van der Waals surface area contributed by atoms with Crippen molar-refractivity contribution in [3.05, 3.63) is 35.9 Å². The summed E-state index contributed by atoms with van der Waals surface area (Å²) in [7, 11) is 2.71. The molecular formula is C15H19NO6. The van der Waals surface area contributed by atoms with E-state index in [0.717, 1.165) is 5.56 Å². The number of carboxylic acids is 2. The number of likely N-dealkylation sites (N-methyl/N-ethyl adjacent to an activating group) is 1. The van der Waals surface area contributed by atoms with Crippen molar-refractivity contribution in [2.45, 2.75) is 25.5 Å². The summed E-state index contributed by atoms with van der Waals surface area (Å²) in [6.07, 6.45) is -1.35. The molecule has 0 saturated heterocycles. The van der Waals surface area contributed by atoms with Crippen molar-refractivity contribution in [1.29, 1.82) is 0 Å². The van der Waals surface area contributed by atoms with Crippen molar-refractivity contribution in [2.75, 3.05) is 14.1 Å². The summed E-state index contributed by atoms with van der Waals surface area (Å²) in [6.45, 7) is 0.0139. The van der Waals surface area contributed by atoms with E-state index in [4.69, 9.17) is 9.84 Å². The Kier molecular flexibility index (Phi) is 6.06. The number of carboxylic acid groups (broad SMARTS) is 2. The average molecular weight is 309 g/mol. The Labute approximate surface area is 128 Å². The second-order valence-corrected chi connectivity index (χ2v) is 5.35. The van der Waals surface area contributed by atoms with Crippen molar-refractivity contribution in [2.24, 2.45) is 0 Å². The fraction of sp³-hybridized carbons (Fsp3) is 0.400. The van der Waals surface area contributed by atoms with E-state index < -0.39 is 28.6 Å². The van der Waals surface area contributed by atoms with E-state index >= 15 is 0 Å². The molecule has 0 aromatic heterocycles. The molecule has 7 nitrogen and oxygen atoms in total. The normalized spacial score (nSPS) is 12.5. The van der Waals surface area contributed by atoms with Crippen LogP contribution in [-0.2, 0) is 20.9 Å². The molecule has 0 aliphatic heterocycles. The summed E-state index contributed by atoms with van der Waals surface area (Å²) in [5, 5.41) is 19.9. The highest BCUT2D eigenvalue weighted by molar-refractivity contribution is 5.74. The molecule has 0 aliphatic carbocycles. The van der Waals surface area contributed by atoms with E-state index in [1.807, 2.05) is 6.07 Å². The molecule has 22 heavy (non-hydrogen) atoms. The predicted molar refractivity (Wildman–Crippen MR) is 74.4 cm³/mol. The largest absolute Gasteiger partial charge is 0.544 e. The van der Waals surface area contributed by atoms with Gasteiger partial charge in [0.05, 0.1) is 26.5 Å². The zero-order chi connectivity index (χ0) is 16.8. The van der Waals surface area contributed by atoms with Crippen LogP contribution in [0.25, 0.3) is 0 Å². The molecule has 1 amide bonds. The molecular weight excluding hydrogens is 290 g/mol. The first-order chi connectivity index (χ1) is 10.2. The van der Waals surface area contributed by atoms with E-state index in [9.17, 15) is 19.5 Å². The number of benzene rings is 1. The van der Waals surface area contributed by atoms with Gasteiger partial charge >= 0.3 is 12.1 Å². The van der Waals surface area contributed by atoms with E-state index in [0.29, 0.717) is 0 Å². The van der Waals surface area contributed by atoms with Crippen molar-refractivity contribution in [1.82, 2.24) is 0 Å². The maximum absolute atomic E-state index is 12.1. The first kappa shape index (κ1) is 17.6. The summed E-state index contributed by atoms with van der Waals surface area (Å²) >= 11 is 0. The molecule has 0 saturated carbocycles. The van der Waals surface area contributed by atoms with Crippen molar-refractivity contribution < 1.29 is 33.8 Å². The van der Waals surface area contributed by atoms with Gasteiger partial charge in [0.2, 0.25) is 0 Å². The van der Waals surface area contributed by atoms with Gasteiger partial charge in [-0.1, -0.05) is 30.3 Å². The van der Waals surface area contributed by atoms with Crippen LogP contribution in [0, 0.1) is 0 Å². The summed E-state index contributed by atoms with van der Waals surface area (Å²) < 4.78 is 4.49. The highest BCUT2D eigenvalue weighted by Crippen LogP contribution is 2.16. The Hall–Kier alpha value is -2.41. The number of hydrogen-bond acceptors (Lipinski definition) is 5. The molecule has 0 radical (unpaired) electrons. The molecule has 1 aromatic carbocycles. The molecule has 1 N–H and O–H groups in total. The second kappa shape index (κ2) is 7.56. The summed E-state index contributed by atoms with van der Waals surface area (Å²) in [5.74, 6) is -2.62. The van der Waals surface area contributed by atoms with Gasteiger partial charge in [0.1, 0.15) is 12.6 Å². The first-order valence-electron chi connectivity index (χ1n) is 6.72. The quantitative estimate of drug-likeness (QED) is 0.730. The third kappa shape index (κ3) is 4.85. The lowest BCUT2D eigenvalue weighted by Crippen LogP contribution is -2.60. The van der Waals surface area contributed by atoms with Crippen LogP contribution in [0.1, 0.15) is 18.4 Å². The predicted octanol–water partition coefficient (Wildman–Crippen LogP) is 0.383. The molecule has 1 atom stereocenters. The van der Waals surface area contributed by atoms with Gasteiger partial charge in [0.25, 0.3) is 0 Å². The number of carbonyl (C=O) groups excluding carboxylic acids is 2. The maximum Gasteiger partial charge on any atom is 0.516 e. The minimum atomic E-state index is -1.48. The summed E-state index contributed by atoms with van der Waals surface area (Å²) in [5.41, 5.74) is 0.770. The number of hydrogen-bond donors (Lipinski definition) is 1. The van der Waals surface area contributed by atoms with Crippen LogP contribution in [0.5, 0.6) is 0 Å². The minimum Gasteiger partial charge on any atom is -0.544 e. The summed E-state index contributed by atoms with van der Waals surface area (Å²) in [6, 6.07) is 7.66. The van der Waals surface area contributed by atoms with Gasteiger partial charge in [-0.15, -0.1) is 0 Å². The van der Waals surface area contributed by atoms with Gasteiger partial charge in [-0.05, 0) is 5.56 Å². The average Bonchev–Trinajstić information content (AvgIpc) is 2.45. The number of ether oxygens (including phenoxy) is 1. The van der Waals surface area contributed by atoms with Crippen LogP contribution in [0.15, 0.2) is 30.3 Å². The molecule has 120 valence electrons. The van der Waals surface area contributed by atoms with Gasteiger partial charge in [-0.3, -0.25) is 4.79 Å². The number of carbonyl (C=O) groups is 3. The van der Waals surface area contributed by atoms with Gasteiger partial charge < -0.3 is 19.7 Å². The molecule has 0 fully saturated rings. The molecule has 0 bridgehead atoms. The van der Waals surface area contributed by atoms with Gasteiger partial charge in [-0.2, -0.15) is 4.79 Å². The zero-order valence-corrected chi connectivity index (χ0v) is 12.5. The Bertz CT molecular complexity index is 540. The lowest BCUT2D eigenvalue weighted by atomic mass is 10.1. The zero-order valence-electron chi connectivity index (χ0n) is 12.5. The van der Waals surface area contributed by atoms with Gasteiger partial charge in [0.15, 0.2) is 0 Å². The minimum absolute atomic E-state index is 0.0139. The van der Waals surface area contributed by atoms with Crippen LogP contribution in [0.2, 0.25) is 0 Å². The first-order valence-corrected chi connectivity index (χ1v) is 6.72. The standard InChI is InChI=1S/C15H19NO6/c1-16(2,12(14(19)20)8-9-13(17)18)15(21)22-10-11-6-4-3-5-7-11/h3-7,12H,8-10H2,1-2H3,(H-,17,18,19,20)/t12-/m0/s1. The van der Waals surface area contributed by atoms with E-state index in [2.05, 4.69) is 0 Å². The van der Waals surface area contributed by atoms with Crippen LogP contribution < -0.4 is 5.11 Å². The summed E-state index contributed by atoms with van der Waals surface area (Å²) in [4.78, 5) is 33.9. The van der Waals surface area contributed by atoms with Gasteiger partial charge in [0, 0.05) is 6.42 Å². The SMILES string of the molecule is C[N+](C)(C(=O)OCc1ccccc1)[C@@H](CCC(=O)O)C(=O)[O-]. The molecule has 1 aromatic rings. The number of nitrogens with zero attached hydrogens (tertiary/aromatic N) is 1. The molecule has 0 aliphatic rings. The topological polar surface area (TPSA) is 104 Å². The van der Waals surface area contributed by atoms with Crippen molar-refractivity contribution >= 4 is 18.0 Å². The monoisotopic (exact) mass is 309 g/mol. The van der Waals surface area contributed by atoms with Crippen molar-refractivity contribution in [3.63, 3.8) is 0 Å². The van der Waals surface area contributed by atoms with Crippen LogP contribution in [0.4, 0.5) is 4.79 Å².